The number of thiazole rings is 1. The van der Waals surface area contributed by atoms with E-state index in [9.17, 15) is 9.18 Å². The number of aromatic nitrogens is 1. The van der Waals surface area contributed by atoms with Crippen LogP contribution in [0.15, 0.2) is 28.7 Å². The van der Waals surface area contributed by atoms with Gasteiger partial charge in [-0.3, -0.25) is 10.2 Å². The quantitative estimate of drug-likeness (QED) is 0.371. The van der Waals surface area contributed by atoms with E-state index >= 15 is 0 Å². The van der Waals surface area contributed by atoms with Crippen LogP contribution in [0.25, 0.3) is 0 Å². The van der Waals surface area contributed by atoms with Gasteiger partial charge in [-0.1, -0.05) is 13.8 Å². The van der Waals surface area contributed by atoms with E-state index in [1.807, 2.05) is 0 Å². The molecule has 0 atom stereocenters. The first kappa shape index (κ1) is 20.8. The first-order chi connectivity index (χ1) is 13.0. The lowest BCUT2D eigenvalue weighted by Crippen LogP contribution is -2.07. The normalized spacial score (nSPS) is 11.1. The summed E-state index contributed by atoms with van der Waals surface area (Å²) in [5.41, 5.74) is 3.93. The minimum absolute atomic E-state index is 0.119. The highest BCUT2D eigenvalue weighted by molar-refractivity contribution is 7.13. The van der Waals surface area contributed by atoms with Crippen LogP contribution in [0.1, 0.15) is 38.4 Å². The Bertz CT molecular complexity index is 777. The van der Waals surface area contributed by atoms with Crippen molar-refractivity contribution in [1.29, 1.82) is 0 Å². The van der Waals surface area contributed by atoms with Crippen molar-refractivity contribution in [3.63, 3.8) is 0 Å². The molecule has 2 aromatic rings. The molecule has 0 aliphatic carbocycles. The van der Waals surface area contributed by atoms with Gasteiger partial charge in [0.25, 0.3) is 0 Å². The van der Waals surface area contributed by atoms with Gasteiger partial charge in [0.1, 0.15) is 11.6 Å². The van der Waals surface area contributed by atoms with Crippen LogP contribution in [0.4, 0.5) is 9.52 Å². The standard InChI is InChI=1S/C19H24FN3O3S/c1-4-25-18(24)10-16-12-27-19(22-16)23-21-11-14-9-15(20)5-6-17(14)26-8-7-13(2)3/h5-6,9,11-13H,4,7-8,10H2,1-3H3,(H,22,23). The summed E-state index contributed by atoms with van der Waals surface area (Å²) in [5, 5.41) is 6.39. The molecule has 0 fully saturated rings. The molecule has 146 valence electrons. The van der Waals surface area contributed by atoms with E-state index in [1.165, 1.54) is 29.7 Å². The molecule has 0 bridgehead atoms. The second kappa shape index (κ2) is 10.6. The average Bonchev–Trinajstić information content (AvgIpc) is 3.04. The molecule has 2 rings (SSSR count). The van der Waals surface area contributed by atoms with Gasteiger partial charge in [0, 0.05) is 10.9 Å². The maximum Gasteiger partial charge on any atom is 0.311 e. The van der Waals surface area contributed by atoms with Gasteiger partial charge in [-0.15, -0.1) is 11.3 Å². The molecule has 0 saturated carbocycles. The number of rotatable bonds is 10. The number of hydrazone groups is 1. The summed E-state index contributed by atoms with van der Waals surface area (Å²) in [6.45, 7) is 6.89. The molecule has 1 aromatic heterocycles. The van der Waals surface area contributed by atoms with E-state index in [0.29, 0.717) is 41.3 Å². The van der Waals surface area contributed by atoms with Gasteiger partial charge in [0.15, 0.2) is 0 Å². The molecular formula is C19H24FN3O3S. The summed E-state index contributed by atoms with van der Waals surface area (Å²) in [6, 6.07) is 4.32. The van der Waals surface area contributed by atoms with Crippen molar-refractivity contribution < 1.29 is 18.7 Å². The summed E-state index contributed by atoms with van der Waals surface area (Å²) in [5.74, 6) is 0.419. The zero-order chi connectivity index (χ0) is 19.6. The summed E-state index contributed by atoms with van der Waals surface area (Å²) in [4.78, 5) is 15.7. The highest BCUT2D eigenvalue weighted by Crippen LogP contribution is 2.20. The Balaban J connectivity index is 1.96. The molecule has 0 amide bonds. The summed E-state index contributed by atoms with van der Waals surface area (Å²) in [7, 11) is 0. The number of anilines is 1. The minimum atomic E-state index is -0.362. The van der Waals surface area contributed by atoms with Gasteiger partial charge >= 0.3 is 5.97 Å². The van der Waals surface area contributed by atoms with E-state index < -0.39 is 0 Å². The molecule has 0 spiro atoms. The van der Waals surface area contributed by atoms with Gasteiger partial charge < -0.3 is 9.47 Å². The Morgan fingerprint density at radius 3 is 3.00 bits per heavy atom. The number of nitrogens with one attached hydrogen (secondary N) is 1. The molecule has 0 aliphatic heterocycles. The number of ether oxygens (including phenoxy) is 2. The number of hydrogen-bond donors (Lipinski definition) is 1. The molecule has 27 heavy (non-hydrogen) atoms. The lowest BCUT2D eigenvalue weighted by Gasteiger charge is -2.10. The number of benzene rings is 1. The van der Waals surface area contributed by atoms with Crippen LogP contribution in [0.2, 0.25) is 0 Å². The third kappa shape index (κ3) is 7.34. The van der Waals surface area contributed by atoms with Crippen LogP contribution < -0.4 is 10.2 Å². The van der Waals surface area contributed by atoms with Crippen molar-refractivity contribution in [3.05, 3.63) is 40.7 Å². The molecule has 1 N–H and O–H groups in total. The predicted molar refractivity (Wildman–Crippen MR) is 105 cm³/mol. The Hall–Kier alpha value is -2.48. The maximum atomic E-state index is 13.5. The Labute approximate surface area is 162 Å². The molecule has 0 radical (unpaired) electrons. The SMILES string of the molecule is CCOC(=O)Cc1csc(NN=Cc2cc(F)ccc2OCCC(C)C)n1. The zero-order valence-electron chi connectivity index (χ0n) is 15.7. The topological polar surface area (TPSA) is 72.8 Å². The largest absolute Gasteiger partial charge is 0.493 e. The first-order valence-electron chi connectivity index (χ1n) is 8.79. The molecule has 1 heterocycles. The number of carbonyl (C=O) groups is 1. The Kier molecular flexibility index (Phi) is 8.19. The highest BCUT2D eigenvalue weighted by atomic mass is 32.1. The second-order valence-electron chi connectivity index (χ2n) is 6.21. The fourth-order valence-electron chi connectivity index (χ4n) is 2.11. The van der Waals surface area contributed by atoms with Crippen molar-refractivity contribution in [2.45, 2.75) is 33.6 Å². The number of carbonyl (C=O) groups excluding carboxylic acids is 1. The number of hydrogen-bond acceptors (Lipinski definition) is 7. The van der Waals surface area contributed by atoms with Crippen LogP contribution in [0.3, 0.4) is 0 Å². The first-order valence-corrected chi connectivity index (χ1v) is 9.67. The summed E-state index contributed by atoms with van der Waals surface area (Å²) >= 11 is 1.32. The molecule has 0 unspecified atom stereocenters. The van der Waals surface area contributed by atoms with Gasteiger partial charge in [-0.05, 0) is 37.5 Å². The van der Waals surface area contributed by atoms with Gasteiger partial charge in [0.05, 0.1) is 31.5 Å². The fraction of sp³-hybridized carbons (Fsp3) is 0.421. The molecule has 0 saturated heterocycles. The van der Waals surface area contributed by atoms with Gasteiger partial charge in [-0.25, -0.2) is 9.37 Å². The van der Waals surface area contributed by atoms with Crippen LogP contribution in [0.5, 0.6) is 5.75 Å². The van der Waals surface area contributed by atoms with E-state index in [2.05, 4.69) is 29.4 Å². The van der Waals surface area contributed by atoms with Crippen molar-refractivity contribution in [3.8, 4) is 5.75 Å². The third-order valence-electron chi connectivity index (χ3n) is 3.47. The van der Waals surface area contributed by atoms with Gasteiger partial charge in [-0.2, -0.15) is 5.10 Å². The van der Waals surface area contributed by atoms with Crippen LogP contribution in [-0.2, 0) is 16.0 Å². The average molecular weight is 393 g/mol. The Morgan fingerprint density at radius 1 is 1.44 bits per heavy atom. The molecule has 1 aromatic carbocycles. The highest BCUT2D eigenvalue weighted by Gasteiger charge is 2.08. The monoisotopic (exact) mass is 393 g/mol. The molecular weight excluding hydrogens is 369 g/mol. The van der Waals surface area contributed by atoms with Crippen LogP contribution in [0, 0.1) is 11.7 Å². The van der Waals surface area contributed by atoms with Crippen molar-refractivity contribution in [2.24, 2.45) is 11.0 Å². The number of halogens is 1. The van der Waals surface area contributed by atoms with Crippen molar-refractivity contribution in [2.75, 3.05) is 18.6 Å². The van der Waals surface area contributed by atoms with E-state index in [1.54, 1.807) is 18.4 Å². The van der Waals surface area contributed by atoms with Crippen LogP contribution >= 0.6 is 11.3 Å². The third-order valence-corrected chi connectivity index (χ3v) is 4.27. The van der Waals surface area contributed by atoms with Crippen LogP contribution in [-0.4, -0.2) is 30.4 Å². The number of esters is 1. The van der Waals surface area contributed by atoms with E-state index in [-0.39, 0.29) is 18.2 Å². The molecule has 6 nitrogen and oxygen atoms in total. The lowest BCUT2D eigenvalue weighted by atomic mass is 10.1. The van der Waals surface area contributed by atoms with E-state index in [0.717, 1.165) is 6.42 Å². The minimum Gasteiger partial charge on any atom is -0.493 e. The van der Waals surface area contributed by atoms with Gasteiger partial charge in [0.2, 0.25) is 5.13 Å². The second-order valence-corrected chi connectivity index (χ2v) is 7.07. The van der Waals surface area contributed by atoms with Crippen molar-refractivity contribution >= 4 is 28.7 Å². The fourth-order valence-corrected chi connectivity index (χ4v) is 2.77. The number of nitrogens with zero attached hydrogens (tertiary/aromatic N) is 2. The lowest BCUT2D eigenvalue weighted by molar-refractivity contribution is -0.142. The summed E-state index contributed by atoms with van der Waals surface area (Å²) in [6.07, 6.45) is 2.52. The summed E-state index contributed by atoms with van der Waals surface area (Å²) < 4.78 is 24.2. The predicted octanol–water partition coefficient (Wildman–Crippen LogP) is 4.26. The molecule has 8 heteroatoms. The zero-order valence-corrected chi connectivity index (χ0v) is 16.5. The maximum absolute atomic E-state index is 13.5. The Morgan fingerprint density at radius 2 is 2.26 bits per heavy atom. The van der Waals surface area contributed by atoms with E-state index in [4.69, 9.17) is 9.47 Å². The van der Waals surface area contributed by atoms with Crippen molar-refractivity contribution in [1.82, 2.24) is 4.98 Å². The smallest absolute Gasteiger partial charge is 0.311 e. The molecule has 0 aliphatic rings.